The van der Waals surface area contributed by atoms with E-state index in [4.69, 9.17) is 19.3 Å². The lowest BCUT2D eigenvalue weighted by Crippen LogP contribution is -2.06. The quantitative estimate of drug-likeness (QED) is 0.553. The van der Waals surface area contributed by atoms with Crippen LogP contribution in [0.3, 0.4) is 0 Å². The van der Waals surface area contributed by atoms with Crippen molar-refractivity contribution in [1.82, 2.24) is 0 Å². The maximum atomic E-state index is 8.60. The molecule has 5 heteroatoms. The highest BCUT2D eigenvalue weighted by atomic mass is 32.1. The predicted octanol–water partition coefficient (Wildman–Crippen LogP) is 1.66. The zero-order chi connectivity index (χ0) is 13.8. The van der Waals surface area contributed by atoms with E-state index in [0.29, 0.717) is 26.4 Å². The number of thiophene rings is 1. The van der Waals surface area contributed by atoms with Gasteiger partial charge in [-0.05, 0) is 12.5 Å². The Morgan fingerprint density at radius 3 is 2.84 bits per heavy atom. The number of methoxy groups -OCH3 is 1. The standard InChI is InChI=1S/C14H20O4S/c1-16-6-3-7-17-8-9-18-11-14-10-13(12-19-14)4-2-5-15/h10,12,15H,3,5-9,11H2,1H3. The van der Waals surface area contributed by atoms with E-state index in [9.17, 15) is 0 Å². The van der Waals surface area contributed by atoms with Crippen molar-refractivity contribution in [3.8, 4) is 11.8 Å². The van der Waals surface area contributed by atoms with Gasteiger partial charge in [0.25, 0.3) is 0 Å². The van der Waals surface area contributed by atoms with Crippen LogP contribution in [0.5, 0.6) is 0 Å². The van der Waals surface area contributed by atoms with E-state index < -0.39 is 0 Å². The normalized spacial score (nSPS) is 10.2. The molecule has 106 valence electrons. The molecular weight excluding hydrogens is 264 g/mol. The first-order valence-electron chi connectivity index (χ1n) is 6.18. The lowest BCUT2D eigenvalue weighted by molar-refractivity contribution is 0.0344. The van der Waals surface area contributed by atoms with Crippen LogP contribution in [0.2, 0.25) is 0 Å². The zero-order valence-corrected chi connectivity index (χ0v) is 12.0. The predicted molar refractivity (Wildman–Crippen MR) is 75.3 cm³/mol. The summed E-state index contributed by atoms with van der Waals surface area (Å²) in [6, 6.07) is 1.98. The minimum atomic E-state index is -0.109. The summed E-state index contributed by atoms with van der Waals surface area (Å²) >= 11 is 1.61. The van der Waals surface area contributed by atoms with Crippen molar-refractivity contribution in [1.29, 1.82) is 0 Å². The van der Waals surface area contributed by atoms with E-state index in [1.54, 1.807) is 18.4 Å². The first-order valence-corrected chi connectivity index (χ1v) is 7.06. The molecule has 1 N–H and O–H groups in total. The van der Waals surface area contributed by atoms with Crippen LogP contribution in [0.4, 0.5) is 0 Å². The molecule has 0 radical (unpaired) electrons. The molecule has 0 atom stereocenters. The average molecular weight is 284 g/mol. The first kappa shape index (κ1) is 16.2. The summed E-state index contributed by atoms with van der Waals surface area (Å²) in [5.74, 6) is 5.48. The molecule has 1 heterocycles. The van der Waals surface area contributed by atoms with E-state index in [1.807, 2.05) is 11.4 Å². The summed E-state index contributed by atoms with van der Waals surface area (Å²) in [6.45, 7) is 3.09. The summed E-state index contributed by atoms with van der Waals surface area (Å²) in [4.78, 5) is 1.13. The molecular formula is C14H20O4S. The van der Waals surface area contributed by atoms with Gasteiger partial charge in [0.15, 0.2) is 0 Å². The van der Waals surface area contributed by atoms with Crippen molar-refractivity contribution in [2.24, 2.45) is 0 Å². The number of hydrogen-bond donors (Lipinski definition) is 1. The molecule has 1 aromatic heterocycles. The molecule has 0 aliphatic carbocycles. The van der Waals surface area contributed by atoms with E-state index in [1.165, 1.54) is 0 Å². The smallest absolute Gasteiger partial charge is 0.104 e. The lowest BCUT2D eigenvalue weighted by Gasteiger charge is -2.04. The van der Waals surface area contributed by atoms with Gasteiger partial charge < -0.3 is 19.3 Å². The summed E-state index contributed by atoms with van der Waals surface area (Å²) < 4.78 is 15.8. The molecule has 0 aliphatic rings. The molecule has 19 heavy (non-hydrogen) atoms. The van der Waals surface area contributed by atoms with Crippen molar-refractivity contribution in [2.75, 3.05) is 40.1 Å². The first-order chi connectivity index (χ1) is 9.36. The topological polar surface area (TPSA) is 47.9 Å². The summed E-state index contributed by atoms with van der Waals surface area (Å²) in [5.41, 5.74) is 0.925. The third-order valence-electron chi connectivity index (χ3n) is 2.22. The Kier molecular flexibility index (Phi) is 9.33. The van der Waals surface area contributed by atoms with Crippen LogP contribution in [0.1, 0.15) is 16.9 Å². The second-order valence-corrected chi connectivity index (χ2v) is 4.77. The monoisotopic (exact) mass is 284 g/mol. The Bertz CT molecular complexity index is 392. The average Bonchev–Trinajstić information content (AvgIpc) is 2.87. The fourth-order valence-electron chi connectivity index (χ4n) is 1.36. The van der Waals surface area contributed by atoms with Gasteiger partial charge in [0, 0.05) is 36.1 Å². The van der Waals surface area contributed by atoms with Crippen molar-refractivity contribution >= 4 is 11.3 Å². The Morgan fingerprint density at radius 2 is 2.05 bits per heavy atom. The van der Waals surface area contributed by atoms with Gasteiger partial charge in [-0.25, -0.2) is 0 Å². The molecule has 0 amide bonds. The molecule has 0 saturated heterocycles. The van der Waals surface area contributed by atoms with Crippen molar-refractivity contribution in [3.63, 3.8) is 0 Å². The largest absolute Gasteiger partial charge is 0.385 e. The van der Waals surface area contributed by atoms with E-state index in [-0.39, 0.29) is 6.61 Å². The highest BCUT2D eigenvalue weighted by Gasteiger charge is 1.98. The highest BCUT2D eigenvalue weighted by Crippen LogP contribution is 2.14. The minimum Gasteiger partial charge on any atom is -0.385 e. The number of rotatable bonds is 9. The number of hydrogen-bond acceptors (Lipinski definition) is 5. The third kappa shape index (κ3) is 7.98. The van der Waals surface area contributed by atoms with E-state index >= 15 is 0 Å². The van der Waals surface area contributed by atoms with Crippen molar-refractivity contribution < 1.29 is 19.3 Å². The molecule has 0 fully saturated rings. The number of aliphatic hydroxyl groups excluding tert-OH is 1. The second-order valence-electron chi connectivity index (χ2n) is 3.77. The van der Waals surface area contributed by atoms with Gasteiger partial charge in [-0.1, -0.05) is 11.8 Å². The lowest BCUT2D eigenvalue weighted by atomic mass is 10.3. The Labute approximate surface area is 118 Å². The Hall–Kier alpha value is -0.900. The van der Waals surface area contributed by atoms with Crippen LogP contribution in [0, 0.1) is 11.8 Å². The molecule has 0 aliphatic heterocycles. The van der Waals surface area contributed by atoms with Crippen molar-refractivity contribution in [2.45, 2.75) is 13.0 Å². The summed E-state index contributed by atoms with van der Waals surface area (Å²) in [6.07, 6.45) is 0.911. The summed E-state index contributed by atoms with van der Waals surface area (Å²) in [7, 11) is 1.68. The fourth-order valence-corrected chi connectivity index (χ4v) is 2.11. The second kappa shape index (κ2) is 11.0. The van der Waals surface area contributed by atoms with Gasteiger partial charge in [0.05, 0.1) is 19.8 Å². The SMILES string of the molecule is COCCCOCCOCc1cc(C#CCO)cs1. The number of ether oxygens (including phenoxy) is 3. The third-order valence-corrected chi connectivity index (χ3v) is 3.13. The molecule has 0 spiro atoms. The van der Waals surface area contributed by atoms with Gasteiger partial charge in [-0.2, -0.15) is 0 Å². The highest BCUT2D eigenvalue weighted by molar-refractivity contribution is 7.10. The molecule has 1 aromatic rings. The van der Waals surface area contributed by atoms with Crippen LogP contribution in [0.25, 0.3) is 0 Å². The maximum Gasteiger partial charge on any atom is 0.104 e. The molecule has 1 rings (SSSR count). The van der Waals surface area contributed by atoms with Crippen LogP contribution in [-0.2, 0) is 20.8 Å². The van der Waals surface area contributed by atoms with Gasteiger partial charge in [-0.15, -0.1) is 11.3 Å². The Morgan fingerprint density at radius 1 is 1.21 bits per heavy atom. The summed E-state index contributed by atoms with van der Waals surface area (Å²) in [5, 5.41) is 10.6. The Balaban J connectivity index is 2.04. The van der Waals surface area contributed by atoms with Crippen LogP contribution >= 0.6 is 11.3 Å². The van der Waals surface area contributed by atoms with Crippen LogP contribution < -0.4 is 0 Å². The molecule has 0 saturated carbocycles. The van der Waals surface area contributed by atoms with Gasteiger partial charge in [0.1, 0.15) is 6.61 Å². The van der Waals surface area contributed by atoms with Crippen molar-refractivity contribution in [3.05, 3.63) is 21.9 Å². The molecule has 0 aromatic carbocycles. The number of aliphatic hydroxyl groups is 1. The maximum absolute atomic E-state index is 8.60. The van der Waals surface area contributed by atoms with E-state index in [0.717, 1.165) is 23.5 Å². The molecule has 4 nitrogen and oxygen atoms in total. The van der Waals surface area contributed by atoms with Crippen LogP contribution in [-0.4, -0.2) is 45.3 Å². The van der Waals surface area contributed by atoms with E-state index in [2.05, 4.69) is 11.8 Å². The zero-order valence-electron chi connectivity index (χ0n) is 11.2. The molecule has 0 unspecified atom stereocenters. The molecule has 0 bridgehead atoms. The van der Waals surface area contributed by atoms with Gasteiger partial charge in [0.2, 0.25) is 0 Å². The minimum absolute atomic E-state index is 0.109. The van der Waals surface area contributed by atoms with Crippen LogP contribution in [0.15, 0.2) is 11.4 Å². The van der Waals surface area contributed by atoms with Gasteiger partial charge in [-0.3, -0.25) is 0 Å². The van der Waals surface area contributed by atoms with Gasteiger partial charge >= 0.3 is 0 Å². The fraction of sp³-hybridized carbons (Fsp3) is 0.571.